The van der Waals surface area contributed by atoms with Crippen LogP contribution in [0.5, 0.6) is 5.75 Å². The molecule has 7 nitrogen and oxygen atoms in total. The van der Waals surface area contributed by atoms with E-state index in [-0.39, 0.29) is 5.91 Å². The van der Waals surface area contributed by atoms with Gasteiger partial charge in [0.1, 0.15) is 11.3 Å². The summed E-state index contributed by atoms with van der Waals surface area (Å²) in [4.78, 5) is 12.3. The number of nitrogens with zero attached hydrogens (tertiary/aromatic N) is 3. The normalized spacial score (nSPS) is 10.6. The average Bonchev–Trinajstić information content (AvgIpc) is 3.24. The average molecular weight is 340 g/mol. The molecule has 3 rings (SSSR count). The quantitative estimate of drug-likeness (QED) is 0.669. The maximum atomic E-state index is 12.3. The lowest BCUT2D eigenvalue weighted by Crippen LogP contribution is -2.25. The molecule has 0 saturated heterocycles. The zero-order valence-corrected chi connectivity index (χ0v) is 14.2. The van der Waals surface area contributed by atoms with Gasteiger partial charge in [-0.2, -0.15) is 5.10 Å². The van der Waals surface area contributed by atoms with E-state index in [4.69, 9.17) is 9.26 Å². The van der Waals surface area contributed by atoms with Crippen LogP contribution in [0.15, 0.2) is 47.4 Å². The number of ether oxygens (including phenoxy) is 1. The molecule has 0 aliphatic heterocycles. The van der Waals surface area contributed by atoms with Crippen LogP contribution in [0, 0.1) is 6.92 Å². The fraction of sp³-hybridized carbons (Fsp3) is 0.278. The van der Waals surface area contributed by atoms with E-state index in [1.807, 2.05) is 31.2 Å². The van der Waals surface area contributed by atoms with Crippen molar-refractivity contribution in [3.63, 3.8) is 0 Å². The van der Waals surface area contributed by atoms with Gasteiger partial charge in [0.05, 0.1) is 24.6 Å². The molecule has 2 heterocycles. The maximum absolute atomic E-state index is 12.3. The van der Waals surface area contributed by atoms with Crippen molar-refractivity contribution in [1.29, 1.82) is 0 Å². The predicted octanol–water partition coefficient (Wildman–Crippen LogP) is 2.58. The maximum Gasteiger partial charge on any atom is 0.256 e. The van der Waals surface area contributed by atoms with Crippen LogP contribution in [0.25, 0.3) is 11.3 Å². The summed E-state index contributed by atoms with van der Waals surface area (Å²) < 4.78 is 12.5. The standard InChI is InChI=1S/C18H20N4O3/c1-13-6-3-4-7-16(13)24-9-5-8-19-18(23)15-11-21-25-17(15)14-10-20-22(2)12-14/h3-4,6-7,10-12H,5,8-9H2,1-2H3,(H,19,23). The highest BCUT2D eigenvalue weighted by Crippen LogP contribution is 2.22. The smallest absolute Gasteiger partial charge is 0.256 e. The summed E-state index contributed by atoms with van der Waals surface area (Å²) in [5.74, 6) is 1.06. The minimum atomic E-state index is -0.226. The van der Waals surface area contributed by atoms with Gasteiger partial charge in [-0.25, -0.2) is 0 Å². The van der Waals surface area contributed by atoms with Crippen LogP contribution in [0.4, 0.5) is 0 Å². The molecule has 0 spiro atoms. The van der Waals surface area contributed by atoms with Gasteiger partial charge in [-0.15, -0.1) is 0 Å². The van der Waals surface area contributed by atoms with E-state index in [1.54, 1.807) is 24.1 Å². The molecule has 1 N–H and O–H groups in total. The largest absolute Gasteiger partial charge is 0.493 e. The fourth-order valence-electron chi connectivity index (χ4n) is 2.42. The zero-order valence-electron chi connectivity index (χ0n) is 14.2. The molecule has 25 heavy (non-hydrogen) atoms. The van der Waals surface area contributed by atoms with Crippen LogP contribution < -0.4 is 10.1 Å². The summed E-state index contributed by atoms with van der Waals surface area (Å²) >= 11 is 0. The van der Waals surface area contributed by atoms with Crippen LogP contribution in [0.3, 0.4) is 0 Å². The Bertz CT molecular complexity index is 853. The van der Waals surface area contributed by atoms with E-state index < -0.39 is 0 Å². The van der Waals surface area contributed by atoms with E-state index in [2.05, 4.69) is 15.6 Å². The molecule has 0 saturated carbocycles. The number of hydrogen-bond acceptors (Lipinski definition) is 5. The third-order valence-corrected chi connectivity index (χ3v) is 3.74. The first kappa shape index (κ1) is 16.8. The predicted molar refractivity (Wildman–Crippen MR) is 92.3 cm³/mol. The van der Waals surface area contributed by atoms with Crippen molar-refractivity contribution in [3.8, 4) is 17.1 Å². The SMILES string of the molecule is Cc1ccccc1OCCCNC(=O)c1cnoc1-c1cnn(C)c1. The molecule has 7 heteroatoms. The van der Waals surface area contributed by atoms with Crippen molar-refractivity contribution in [2.45, 2.75) is 13.3 Å². The van der Waals surface area contributed by atoms with E-state index in [0.717, 1.165) is 11.3 Å². The summed E-state index contributed by atoms with van der Waals surface area (Å²) in [5, 5.41) is 10.7. The van der Waals surface area contributed by atoms with Gasteiger partial charge in [-0.3, -0.25) is 9.48 Å². The number of carbonyl (C=O) groups excluding carboxylic acids is 1. The molecule has 2 aromatic heterocycles. The molecule has 130 valence electrons. The van der Waals surface area contributed by atoms with Gasteiger partial charge in [0.2, 0.25) is 0 Å². The van der Waals surface area contributed by atoms with E-state index in [0.29, 0.717) is 36.5 Å². The molecule has 0 unspecified atom stereocenters. The molecule has 0 bridgehead atoms. The highest BCUT2D eigenvalue weighted by Gasteiger charge is 2.18. The third kappa shape index (κ3) is 4.06. The molecule has 0 fully saturated rings. The van der Waals surface area contributed by atoms with Crippen LogP contribution in [0.1, 0.15) is 22.3 Å². The number of carbonyl (C=O) groups is 1. The summed E-state index contributed by atoms with van der Waals surface area (Å²) in [6.45, 7) is 3.04. The van der Waals surface area contributed by atoms with Crippen molar-refractivity contribution in [2.24, 2.45) is 7.05 Å². The number of aryl methyl sites for hydroxylation is 2. The number of hydrogen-bond donors (Lipinski definition) is 1. The van der Waals surface area contributed by atoms with Crippen molar-refractivity contribution >= 4 is 5.91 Å². The zero-order chi connectivity index (χ0) is 17.6. The van der Waals surface area contributed by atoms with Crippen LogP contribution in [0.2, 0.25) is 0 Å². The molecule has 0 radical (unpaired) electrons. The van der Waals surface area contributed by atoms with E-state index in [9.17, 15) is 4.79 Å². The Labute approximate surface area is 145 Å². The lowest BCUT2D eigenvalue weighted by Gasteiger charge is -2.09. The third-order valence-electron chi connectivity index (χ3n) is 3.74. The molecular weight excluding hydrogens is 320 g/mol. The number of rotatable bonds is 7. The first-order valence-corrected chi connectivity index (χ1v) is 8.05. The topological polar surface area (TPSA) is 82.2 Å². The lowest BCUT2D eigenvalue weighted by atomic mass is 10.1. The second-order valence-electron chi connectivity index (χ2n) is 5.69. The Kier molecular flexibility index (Phi) is 5.13. The molecular formula is C18H20N4O3. The van der Waals surface area contributed by atoms with Crippen molar-refractivity contribution < 1.29 is 14.1 Å². The summed E-state index contributed by atoms with van der Waals surface area (Å²) in [6, 6.07) is 7.85. The fourth-order valence-corrected chi connectivity index (χ4v) is 2.42. The van der Waals surface area contributed by atoms with Crippen LogP contribution >= 0.6 is 0 Å². The van der Waals surface area contributed by atoms with Crippen molar-refractivity contribution in [1.82, 2.24) is 20.3 Å². The summed E-state index contributed by atoms with van der Waals surface area (Å²) in [5.41, 5.74) is 2.21. The Hall–Kier alpha value is -3.09. The van der Waals surface area contributed by atoms with E-state index >= 15 is 0 Å². The van der Waals surface area contributed by atoms with Gasteiger partial charge >= 0.3 is 0 Å². The number of nitrogens with one attached hydrogen (secondary N) is 1. The lowest BCUT2D eigenvalue weighted by molar-refractivity contribution is 0.0952. The second-order valence-corrected chi connectivity index (χ2v) is 5.69. The van der Waals surface area contributed by atoms with E-state index in [1.165, 1.54) is 6.20 Å². The van der Waals surface area contributed by atoms with Gasteiger partial charge in [0.15, 0.2) is 5.76 Å². The highest BCUT2D eigenvalue weighted by molar-refractivity contribution is 5.99. The molecule has 1 amide bonds. The Morgan fingerprint density at radius 1 is 1.32 bits per heavy atom. The van der Waals surface area contributed by atoms with Gasteiger partial charge in [-0.1, -0.05) is 23.4 Å². The molecule has 1 aromatic carbocycles. The molecule has 0 aliphatic rings. The minimum absolute atomic E-state index is 0.226. The van der Waals surface area contributed by atoms with Gasteiger partial charge < -0.3 is 14.6 Å². The molecule has 3 aromatic rings. The Balaban J connectivity index is 1.49. The molecule has 0 atom stereocenters. The van der Waals surface area contributed by atoms with Crippen LogP contribution in [-0.2, 0) is 7.05 Å². The first-order chi connectivity index (χ1) is 12.1. The number of benzene rings is 1. The highest BCUT2D eigenvalue weighted by atomic mass is 16.5. The summed E-state index contributed by atoms with van der Waals surface area (Å²) in [7, 11) is 1.80. The second kappa shape index (κ2) is 7.65. The van der Waals surface area contributed by atoms with Gasteiger partial charge in [0.25, 0.3) is 5.91 Å². The monoisotopic (exact) mass is 340 g/mol. The number of para-hydroxylation sites is 1. The van der Waals surface area contributed by atoms with Crippen molar-refractivity contribution in [3.05, 3.63) is 54.0 Å². The van der Waals surface area contributed by atoms with Gasteiger partial charge in [-0.05, 0) is 25.0 Å². The van der Waals surface area contributed by atoms with Crippen molar-refractivity contribution in [2.75, 3.05) is 13.2 Å². The Morgan fingerprint density at radius 2 is 2.16 bits per heavy atom. The Morgan fingerprint density at radius 3 is 2.92 bits per heavy atom. The first-order valence-electron chi connectivity index (χ1n) is 8.05. The molecule has 0 aliphatic carbocycles. The summed E-state index contributed by atoms with van der Waals surface area (Å²) in [6.07, 6.45) is 5.52. The van der Waals surface area contributed by atoms with Gasteiger partial charge in [0, 0.05) is 19.8 Å². The number of aromatic nitrogens is 3. The van der Waals surface area contributed by atoms with Crippen LogP contribution in [-0.4, -0.2) is 34.0 Å². The number of amides is 1. The minimum Gasteiger partial charge on any atom is -0.493 e.